The number of aliphatic imine (C=N–C) groups is 1. The Balaban J connectivity index is 0.00000195. The number of likely N-dealkylation sites (tertiary alicyclic amines) is 1. The van der Waals surface area contributed by atoms with Crippen molar-refractivity contribution in [3.8, 4) is 11.3 Å². The van der Waals surface area contributed by atoms with Gasteiger partial charge in [-0.15, -0.1) is 0 Å². The number of aromatic nitrogens is 2. The van der Waals surface area contributed by atoms with Gasteiger partial charge in [0, 0.05) is 42.3 Å². The molecule has 4 rings (SSSR count). The molecule has 2 aromatic carbocycles. The van der Waals surface area contributed by atoms with E-state index < -0.39 is 0 Å². The molecule has 1 unspecified atom stereocenters. The Hall–Kier alpha value is -3.87. The molecule has 0 radical (unpaired) electrons. The quantitative estimate of drug-likeness (QED) is 0.185. The van der Waals surface area contributed by atoms with Gasteiger partial charge < -0.3 is 16.0 Å². The van der Waals surface area contributed by atoms with E-state index in [4.69, 9.17) is 15.8 Å². The molecular formula is C31H42N6O. The Morgan fingerprint density at radius 3 is 2.47 bits per heavy atom. The average Bonchev–Trinajstić information content (AvgIpc) is 3.56. The zero-order chi connectivity index (χ0) is 27.5. The number of allylic oxidation sites excluding steroid dienone is 1. The molecule has 1 saturated heterocycles. The number of benzene rings is 2. The zero-order valence-electron chi connectivity index (χ0n) is 23.4. The number of carbonyl (C=O) groups is 1. The number of nitrogens with one attached hydrogen (secondary N) is 1. The lowest BCUT2D eigenvalue weighted by Gasteiger charge is -2.15. The summed E-state index contributed by atoms with van der Waals surface area (Å²) in [4.78, 5) is 19.0. The van der Waals surface area contributed by atoms with Crippen molar-refractivity contribution in [2.45, 2.75) is 59.9 Å². The van der Waals surface area contributed by atoms with E-state index in [1.807, 2.05) is 67.6 Å². The zero-order valence-corrected chi connectivity index (χ0v) is 23.4. The van der Waals surface area contributed by atoms with Crippen LogP contribution in [0.5, 0.6) is 0 Å². The molecule has 7 nitrogen and oxygen atoms in total. The number of amides is 1. The number of nitrogen functional groups attached to an aromatic ring is 1. The highest BCUT2D eigenvalue weighted by atomic mass is 16.2. The van der Waals surface area contributed by atoms with E-state index in [9.17, 15) is 4.79 Å². The monoisotopic (exact) mass is 514 g/mol. The highest BCUT2D eigenvalue weighted by Gasteiger charge is 2.30. The highest BCUT2D eigenvalue weighted by molar-refractivity contribution is 6.07. The van der Waals surface area contributed by atoms with Crippen molar-refractivity contribution in [2.75, 3.05) is 30.7 Å². The van der Waals surface area contributed by atoms with Crippen LogP contribution in [-0.4, -0.2) is 45.9 Å². The molecule has 0 spiro atoms. The van der Waals surface area contributed by atoms with Crippen LogP contribution in [-0.2, 0) is 4.79 Å². The Morgan fingerprint density at radius 1 is 1.13 bits per heavy atom. The van der Waals surface area contributed by atoms with Crippen molar-refractivity contribution in [1.82, 2.24) is 14.7 Å². The molecule has 0 saturated carbocycles. The number of rotatable bonds is 9. The van der Waals surface area contributed by atoms with Gasteiger partial charge in [0.2, 0.25) is 5.91 Å². The van der Waals surface area contributed by atoms with Crippen molar-refractivity contribution >= 4 is 28.8 Å². The van der Waals surface area contributed by atoms with Gasteiger partial charge in [-0.25, -0.2) is 4.68 Å². The molecule has 3 aromatic rings. The fourth-order valence-corrected chi connectivity index (χ4v) is 4.56. The minimum Gasteiger partial charge on any atom is -0.383 e. The van der Waals surface area contributed by atoms with Gasteiger partial charge in [0.15, 0.2) is 0 Å². The summed E-state index contributed by atoms with van der Waals surface area (Å²) in [6, 6.07) is 18.4. The predicted octanol–water partition coefficient (Wildman–Crippen LogP) is 6.86. The van der Waals surface area contributed by atoms with Gasteiger partial charge in [-0.05, 0) is 57.0 Å². The summed E-state index contributed by atoms with van der Waals surface area (Å²) < 4.78 is 1.91. The van der Waals surface area contributed by atoms with E-state index in [-0.39, 0.29) is 11.9 Å². The number of para-hydroxylation sites is 1. The smallest absolute Gasteiger partial charge is 0.246 e. The molecule has 3 N–H and O–H groups in total. The maximum Gasteiger partial charge on any atom is 0.246 e. The molecule has 1 aliphatic heterocycles. The third-order valence-electron chi connectivity index (χ3n) is 6.52. The minimum absolute atomic E-state index is 0.0324. The average molecular weight is 515 g/mol. The number of hydrogen-bond acceptors (Lipinski definition) is 5. The van der Waals surface area contributed by atoms with Crippen LogP contribution in [0.25, 0.3) is 11.3 Å². The Kier molecular flexibility index (Phi) is 10.7. The van der Waals surface area contributed by atoms with Crippen LogP contribution in [0.1, 0.15) is 65.5 Å². The minimum atomic E-state index is 0.0324. The normalized spacial score (nSPS) is 15.4. The van der Waals surface area contributed by atoms with E-state index in [1.165, 1.54) is 0 Å². The van der Waals surface area contributed by atoms with Gasteiger partial charge >= 0.3 is 0 Å². The number of nitrogens with two attached hydrogens (primary N) is 1. The first-order valence-electron chi connectivity index (χ1n) is 13.7. The Bertz CT molecular complexity index is 1230. The fraction of sp³-hybridized carbons (Fsp3) is 0.387. The van der Waals surface area contributed by atoms with Gasteiger partial charge in [-0.1, -0.05) is 63.6 Å². The molecule has 38 heavy (non-hydrogen) atoms. The third kappa shape index (κ3) is 6.91. The van der Waals surface area contributed by atoms with Crippen molar-refractivity contribution in [1.29, 1.82) is 0 Å². The van der Waals surface area contributed by atoms with Crippen LogP contribution in [0.4, 0.5) is 17.2 Å². The number of anilines is 3. The lowest BCUT2D eigenvalue weighted by Crippen LogP contribution is -2.27. The lowest BCUT2D eigenvalue weighted by atomic mass is 10.0. The standard InChI is InChI=1S/C29H36N6O.C2H6/c1-4-6-18-31-21(3)27-28(22-13-15-24(16-14-22)32-23-11-8-7-9-12-23)33-35(29(27)30)25-17-19-34(20-25)26(36)10-5-2;1-2/h5,7-16,25,32H,4,6,17-20,30H2,1-3H3;1-2H3/b10-5+,31-21?;. The topological polar surface area (TPSA) is 88.5 Å². The van der Waals surface area contributed by atoms with Crippen LogP contribution in [0, 0.1) is 0 Å². The van der Waals surface area contributed by atoms with E-state index in [1.54, 1.807) is 12.2 Å². The molecular weight excluding hydrogens is 472 g/mol. The molecule has 1 atom stereocenters. The highest BCUT2D eigenvalue weighted by Crippen LogP contribution is 2.33. The van der Waals surface area contributed by atoms with Gasteiger partial charge in [0.05, 0.1) is 11.6 Å². The number of carbonyl (C=O) groups excluding carboxylic acids is 1. The molecule has 0 bridgehead atoms. The van der Waals surface area contributed by atoms with Gasteiger partial charge in [0.25, 0.3) is 0 Å². The molecule has 202 valence electrons. The van der Waals surface area contributed by atoms with Gasteiger partial charge in [-0.2, -0.15) is 5.10 Å². The molecule has 1 fully saturated rings. The van der Waals surface area contributed by atoms with Crippen molar-refractivity contribution < 1.29 is 4.79 Å². The summed E-state index contributed by atoms with van der Waals surface area (Å²) in [6.07, 6.45) is 6.33. The Labute approximate surface area is 227 Å². The van der Waals surface area contributed by atoms with E-state index in [0.29, 0.717) is 18.9 Å². The third-order valence-corrected chi connectivity index (χ3v) is 6.52. The predicted molar refractivity (Wildman–Crippen MR) is 160 cm³/mol. The second kappa shape index (κ2) is 14.2. The fourth-order valence-electron chi connectivity index (χ4n) is 4.56. The maximum absolute atomic E-state index is 12.4. The second-order valence-corrected chi connectivity index (χ2v) is 9.17. The molecule has 7 heteroatoms. The van der Waals surface area contributed by atoms with E-state index in [2.05, 4.69) is 36.5 Å². The Morgan fingerprint density at radius 2 is 1.82 bits per heavy atom. The molecule has 0 aliphatic carbocycles. The summed E-state index contributed by atoms with van der Waals surface area (Å²) in [5, 5.41) is 8.42. The van der Waals surface area contributed by atoms with Crippen molar-refractivity contribution in [3.63, 3.8) is 0 Å². The summed E-state index contributed by atoms with van der Waals surface area (Å²) in [5.41, 5.74) is 12.4. The molecule has 2 heterocycles. The first-order valence-corrected chi connectivity index (χ1v) is 13.7. The number of hydrogen-bond donors (Lipinski definition) is 2. The number of unbranched alkanes of at least 4 members (excludes halogenated alkanes) is 1. The van der Waals surface area contributed by atoms with Gasteiger partial charge in [0.1, 0.15) is 11.5 Å². The van der Waals surface area contributed by atoms with Crippen LogP contribution in [0.15, 0.2) is 71.7 Å². The van der Waals surface area contributed by atoms with Crippen LogP contribution in [0.3, 0.4) is 0 Å². The largest absolute Gasteiger partial charge is 0.383 e. The summed E-state index contributed by atoms with van der Waals surface area (Å²) in [5.74, 6) is 0.643. The summed E-state index contributed by atoms with van der Waals surface area (Å²) >= 11 is 0. The second-order valence-electron chi connectivity index (χ2n) is 9.17. The molecule has 1 aliphatic rings. The molecule has 1 aromatic heterocycles. The van der Waals surface area contributed by atoms with Crippen LogP contribution in [0.2, 0.25) is 0 Å². The van der Waals surface area contributed by atoms with Crippen molar-refractivity contribution in [3.05, 3.63) is 72.3 Å². The van der Waals surface area contributed by atoms with Crippen LogP contribution < -0.4 is 11.1 Å². The first kappa shape index (κ1) is 28.7. The van der Waals surface area contributed by atoms with Gasteiger partial charge in [-0.3, -0.25) is 9.79 Å². The summed E-state index contributed by atoms with van der Waals surface area (Å²) in [6.45, 7) is 12.1. The first-order chi connectivity index (χ1) is 18.5. The van der Waals surface area contributed by atoms with Crippen LogP contribution >= 0.6 is 0 Å². The van der Waals surface area contributed by atoms with E-state index >= 15 is 0 Å². The maximum atomic E-state index is 12.4. The number of nitrogens with zero attached hydrogens (tertiary/aromatic N) is 4. The lowest BCUT2D eigenvalue weighted by molar-refractivity contribution is -0.125. The summed E-state index contributed by atoms with van der Waals surface area (Å²) in [7, 11) is 0. The SMILES string of the molecule is C/C=C/C(=O)N1CCC(n2nc(-c3ccc(Nc4ccccc4)cc3)c(C(C)=NCCCC)c2N)C1.CC. The van der Waals surface area contributed by atoms with Crippen molar-refractivity contribution in [2.24, 2.45) is 4.99 Å². The molecule has 1 amide bonds. The van der Waals surface area contributed by atoms with E-state index in [0.717, 1.165) is 59.7 Å².